The predicted molar refractivity (Wildman–Crippen MR) is 95.0 cm³/mol. The molecular formula is C18H27FN2O3S. The van der Waals surface area contributed by atoms with Crippen molar-refractivity contribution in [1.82, 2.24) is 9.62 Å². The SMILES string of the molecule is CCCC1CCCN(C(=O)[C@H](C)NS(=O)(=O)c2ccccc2F)CC1. The first-order valence-electron chi connectivity index (χ1n) is 8.90. The number of rotatable bonds is 6. The third-order valence-electron chi connectivity index (χ3n) is 4.68. The van der Waals surface area contributed by atoms with Gasteiger partial charge in [0, 0.05) is 13.1 Å². The summed E-state index contributed by atoms with van der Waals surface area (Å²) in [6, 6.07) is 4.23. The number of carbonyl (C=O) groups is 1. The van der Waals surface area contributed by atoms with E-state index in [1.165, 1.54) is 25.1 Å². The van der Waals surface area contributed by atoms with E-state index in [0.29, 0.717) is 19.0 Å². The molecule has 25 heavy (non-hydrogen) atoms. The number of amides is 1. The number of likely N-dealkylation sites (tertiary alicyclic amines) is 1. The quantitative estimate of drug-likeness (QED) is 0.837. The number of nitrogens with one attached hydrogen (secondary N) is 1. The summed E-state index contributed by atoms with van der Waals surface area (Å²) < 4.78 is 40.7. The van der Waals surface area contributed by atoms with Crippen LogP contribution in [0.3, 0.4) is 0 Å². The van der Waals surface area contributed by atoms with Gasteiger partial charge in [-0.1, -0.05) is 31.9 Å². The Labute approximate surface area is 149 Å². The van der Waals surface area contributed by atoms with Crippen LogP contribution in [0.2, 0.25) is 0 Å². The van der Waals surface area contributed by atoms with Gasteiger partial charge in [-0.3, -0.25) is 4.79 Å². The first-order chi connectivity index (χ1) is 11.8. The molecule has 0 bridgehead atoms. The van der Waals surface area contributed by atoms with Crippen molar-refractivity contribution in [1.29, 1.82) is 0 Å². The zero-order chi connectivity index (χ0) is 18.4. The van der Waals surface area contributed by atoms with Gasteiger partial charge in [0.1, 0.15) is 10.7 Å². The van der Waals surface area contributed by atoms with Crippen LogP contribution in [0.1, 0.15) is 46.0 Å². The molecule has 0 spiro atoms. The van der Waals surface area contributed by atoms with Crippen LogP contribution >= 0.6 is 0 Å². The van der Waals surface area contributed by atoms with Crippen molar-refractivity contribution in [2.24, 2.45) is 5.92 Å². The van der Waals surface area contributed by atoms with E-state index in [9.17, 15) is 17.6 Å². The van der Waals surface area contributed by atoms with Crippen LogP contribution in [0.15, 0.2) is 29.2 Å². The van der Waals surface area contributed by atoms with Crippen LogP contribution in [0.4, 0.5) is 4.39 Å². The van der Waals surface area contributed by atoms with Gasteiger partial charge in [0.15, 0.2) is 0 Å². The van der Waals surface area contributed by atoms with Gasteiger partial charge < -0.3 is 4.90 Å². The largest absolute Gasteiger partial charge is 0.341 e. The lowest BCUT2D eigenvalue weighted by Crippen LogP contribution is -2.47. The summed E-state index contributed by atoms with van der Waals surface area (Å²) in [4.78, 5) is 13.9. The second kappa shape index (κ2) is 8.76. The molecule has 140 valence electrons. The summed E-state index contributed by atoms with van der Waals surface area (Å²) in [5.74, 6) is -0.447. The van der Waals surface area contributed by atoms with Crippen LogP contribution < -0.4 is 4.72 Å². The lowest BCUT2D eigenvalue weighted by Gasteiger charge is -2.25. The third-order valence-corrected chi connectivity index (χ3v) is 6.26. The Balaban J connectivity index is 2.01. The molecule has 1 N–H and O–H groups in total. The Bertz CT molecular complexity index is 693. The average Bonchev–Trinajstić information content (AvgIpc) is 2.80. The van der Waals surface area contributed by atoms with Crippen molar-refractivity contribution >= 4 is 15.9 Å². The topological polar surface area (TPSA) is 66.5 Å². The molecule has 2 rings (SSSR count). The second-order valence-corrected chi connectivity index (χ2v) is 8.37. The highest BCUT2D eigenvalue weighted by Gasteiger charge is 2.28. The van der Waals surface area contributed by atoms with Crippen molar-refractivity contribution in [3.63, 3.8) is 0 Å². The summed E-state index contributed by atoms with van der Waals surface area (Å²) >= 11 is 0. The fourth-order valence-corrected chi connectivity index (χ4v) is 4.64. The van der Waals surface area contributed by atoms with Crippen LogP contribution in [-0.2, 0) is 14.8 Å². The van der Waals surface area contributed by atoms with Gasteiger partial charge in [-0.25, -0.2) is 12.8 Å². The minimum absolute atomic E-state index is 0.253. The molecule has 1 aliphatic heterocycles. The molecule has 1 saturated heterocycles. The first-order valence-corrected chi connectivity index (χ1v) is 10.4. The van der Waals surface area contributed by atoms with Gasteiger partial charge in [0.2, 0.25) is 15.9 Å². The molecule has 0 aliphatic carbocycles. The lowest BCUT2D eigenvalue weighted by molar-refractivity contribution is -0.132. The highest BCUT2D eigenvalue weighted by Crippen LogP contribution is 2.22. The monoisotopic (exact) mass is 370 g/mol. The van der Waals surface area contributed by atoms with E-state index in [0.717, 1.165) is 38.2 Å². The zero-order valence-corrected chi connectivity index (χ0v) is 15.7. The average molecular weight is 370 g/mol. The van der Waals surface area contributed by atoms with Crippen LogP contribution in [0.5, 0.6) is 0 Å². The summed E-state index contributed by atoms with van der Waals surface area (Å²) in [7, 11) is -4.07. The molecular weight excluding hydrogens is 343 g/mol. The fourth-order valence-electron chi connectivity index (χ4n) is 3.37. The van der Waals surface area contributed by atoms with E-state index in [-0.39, 0.29) is 5.91 Å². The summed E-state index contributed by atoms with van der Waals surface area (Å²) in [5.41, 5.74) is 0. The van der Waals surface area contributed by atoms with E-state index in [4.69, 9.17) is 0 Å². The molecule has 0 saturated carbocycles. The Morgan fingerprint density at radius 3 is 2.72 bits per heavy atom. The fraction of sp³-hybridized carbons (Fsp3) is 0.611. The van der Waals surface area contributed by atoms with Crippen LogP contribution in [0, 0.1) is 11.7 Å². The van der Waals surface area contributed by atoms with Crippen molar-refractivity contribution in [2.75, 3.05) is 13.1 Å². The van der Waals surface area contributed by atoms with Crippen molar-refractivity contribution in [2.45, 2.75) is 56.9 Å². The summed E-state index contributed by atoms with van der Waals surface area (Å²) in [5, 5.41) is 0. The van der Waals surface area contributed by atoms with Crippen molar-refractivity contribution in [3.05, 3.63) is 30.1 Å². The minimum atomic E-state index is -4.07. The predicted octanol–water partition coefficient (Wildman–Crippen LogP) is 2.92. The highest BCUT2D eigenvalue weighted by molar-refractivity contribution is 7.89. The van der Waals surface area contributed by atoms with Gasteiger partial charge in [0.05, 0.1) is 6.04 Å². The third kappa shape index (κ3) is 5.25. The summed E-state index contributed by atoms with van der Waals surface area (Å²) in [6.07, 6.45) is 5.29. The first kappa shape index (κ1) is 19.8. The van der Waals surface area contributed by atoms with Gasteiger partial charge in [0.25, 0.3) is 0 Å². The molecule has 1 amide bonds. The molecule has 1 unspecified atom stereocenters. The number of halogens is 1. The summed E-state index contributed by atoms with van der Waals surface area (Å²) in [6.45, 7) is 4.96. The maximum absolute atomic E-state index is 13.7. The molecule has 0 aromatic heterocycles. The Hall–Kier alpha value is -1.47. The van der Waals surface area contributed by atoms with E-state index in [2.05, 4.69) is 11.6 Å². The number of carbonyl (C=O) groups excluding carboxylic acids is 1. The number of nitrogens with zero attached hydrogens (tertiary/aromatic N) is 1. The maximum atomic E-state index is 13.7. The Morgan fingerprint density at radius 2 is 2.04 bits per heavy atom. The smallest absolute Gasteiger partial charge is 0.244 e. The van der Waals surface area contributed by atoms with Gasteiger partial charge >= 0.3 is 0 Å². The maximum Gasteiger partial charge on any atom is 0.244 e. The van der Waals surface area contributed by atoms with Crippen molar-refractivity contribution < 1.29 is 17.6 Å². The number of hydrogen-bond acceptors (Lipinski definition) is 3. The lowest BCUT2D eigenvalue weighted by atomic mass is 9.96. The molecule has 7 heteroatoms. The minimum Gasteiger partial charge on any atom is -0.341 e. The van der Waals surface area contributed by atoms with E-state index < -0.39 is 26.8 Å². The van der Waals surface area contributed by atoms with Gasteiger partial charge in [-0.15, -0.1) is 0 Å². The number of sulfonamides is 1. The number of hydrogen-bond donors (Lipinski definition) is 1. The standard InChI is InChI=1S/C18H27FN2O3S/c1-3-7-15-8-6-12-21(13-11-15)18(22)14(2)20-25(23,24)17-10-5-4-9-16(17)19/h4-5,9-10,14-15,20H,3,6-8,11-13H2,1-2H3/t14-,15?/m0/s1. The molecule has 2 atom stereocenters. The van der Waals surface area contributed by atoms with E-state index in [1.54, 1.807) is 4.90 Å². The molecule has 0 radical (unpaired) electrons. The second-order valence-electron chi connectivity index (χ2n) is 6.68. The van der Waals surface area contributed by atoms with Gasteiger partial charge in [-0.05, 0) is 44.2 Å². The van der Waals surface area contributed by atoms with Crippen LogP contribution in [0.25, 0.3) is 0 Å². The van der Waals surface area contributed by atoms with Gasteiger partial charge in [-0.2, -0.15) is 4.72 Å². The van der Waals surface area contributed by atoms with E-state index >= 15 is 0 Å². The van der Waals surface area contributed by atoms with Crippen LogP contribution in [-0.4, -0.2) is 38.4 Å². The van der Waals surface area contributed by atoms with Crippen molar-refractivity contribution in [3.8, 4) is 0 Å². The molecule has 1 fully saturated rings. The molecule has 1 heterocycles. The molecule has 1 aromatic carbocycles. The highest BCUT2D eigenvalue weighted by atomic mass is 32.2. The Kier molecular flexibility index (Phi) is 6.95. The normalized spacial score (nSPS) is 20.1. The molecule has 1 aliphatic rings. The Morgan fingerprint density at radius 1 is 1.32 bits per heavy atom. The number of benzene rings is 1. The zero-order valence-electron chi connectivity index (χ0n) is 14.9. The van der Waals surface area contributed by atoms with E-state index in [1.807, 2.05) is 0 Å². The molecule has 1 aromatic rings. The molecule has 5 nitrogen and oxygen atoms in total.